The number of aliphatic hydroxyl groups is 2. The van der Waals surface area contributed by atoms with Crippen molar-refractivity contribution in [2.75, 3.05) is 6.26 Å². The largest absolute Gasteiger partial charge is 0.373 e. The van der Waals surface area contributed by atoms with Crippen molar-refractivity contribution in [3.63, 3.8) is 0 Å². The predicted molar refractivity (Wildman–Crippen MR) is 98.5 cm³/mol. The first kappa shape index (κ1) is 16.6. The van der Waals surface area contributed by atoms with E-state index in [1.54, 1.807) is 60.9 Å². The summed E-state index contributed by atoms with van der Waals surface area (Å²) in [4.78, 5) is 24.2. The van der Waals surface area contributed by atoms with Crippen molar-refractivity contribution in [3.05, 3.63) is 81.1 Å². The molecule has 0 bridgehead atoms. The summed E-state index contributed by atoms with van der Waals surface area (Å²) in [6, 6.07) is 15.0. The van der Waals surface area contributed by atoms with E-state index >= 15 is 0 Å². The molecule has 1 heterocycles. The molecule has 2 aliphatic rings. The van der Waals surface area contributed by atoms with Gasteiger partial charge >= 0.3 is 0 Å². The van der Waals surface area contributed by atoms with Crippen molar-refractivity contribution in [2.45, 2.75) is 10.5 Å². The second-order valence-electron chi connectivity index (χ2n) is 5.89. The standard InChI is InChI=1S/C19H14O4S2/c1-24-17-14(15(20)11-7-3-2-4-8-11)18(22)16(21)12-9-5-6-10-13(12)19(18,23)25-17/h2-10,22-23H,1H3/t18-,19-/m1/s1. The van der Waals surface area contributed by atoms with Gasteiger partial charge < -0.3 is 10.2 Å². The molecule has 25 heavy (non-hydrogen) atoms. The fourth-order valence-corrected chi connectivity index (χ4v) is 5.78. The molecule has 0 aromatic heterocycles. The van der Waals surface area contributed by atoms with Gasteiger partial charge in [0.05, 0.1) is 9.81 Å². The molecule has 2 atom stereocenters. The topological polar surface area (TPSA) is 74.6 Å². The molecule has 1 aliphatic heterocycles. The normalized spacial score (nSPS) is 27.4. The van der Waals surface area contributed by atoms with Crippen LogP contribution in [0.5, 0.6) is 0 Å². The summed E-state index contributed by atoms with van der Waals surface area (Å²) in [6.45, 7) is 0. The Kier molecular flexibility index (Phi) is 3.70. The molecule has 126 valence electrons. The zero-order chi connectivity index (χ0) is 17.8. The number of carbonyl (C=O) groups excluding carboxylic acids is 2. The zero-order valence-electron chi connectivity index (χ0n) is 13.2. The summed E-state index contributed by atoms with van der Waals surface area (Å²) >= 11 is 2.21. The third kappa shape index (κ3) is 1.99. The molecule has 0 saturated heterocycles. The minimum Gasteiger partial charge on any atom is -0.373 e. The van der Waals surface area contributed by atoms with Gasteiger partial charge in [-0.3, -0.25) is 9.59 Å². The molecule has 1 aliphatic carbocycles. The van der Waals surface area contributed by atoms with E-state index in [1.807, 2.05) is 0 Å². The lowest BCUT2D eigenvalue weighted by atomic mass is 9.83. The van der Waals surface area contributed by atoms with Crippen molar-refractivity contribution >= 4 is 35.1 Å². The molecule has 0 spiro atoms. The van der Waals surface area contributed by atoms with Gasteiger partial charge in [0.15, 0.2) is 10.7 Å². The van der Waals surface area contributed by atoms with E-state index in [0.29, 0.717) is 15.4 Å². The van der Waals surface area contributed by atoms with Crippen LogP contribution in [0.3, 0.4) is 0 Å². The molecule has 0 unspecified atom stereocenters. The number of fused-ring (bicyclic) bond motifs is 3. The number of ketones is 2. The quantitative estimate of drug-likeness (QED) is 0.809. The highest BCUT2D eigenvalue weighted by Crippen LogP contribution is 2.64. The number of hydrogen-bond acceptors (Lipinski definition) is 6. The third-order valence-electron chi connectivity index (χ3n) is 4.61. The Morgan fingerprint density at radius 1 is 1.04 bits per heavy atom. The number of hydrogen-bond donors (Lipinski definition) is 2. The smallest absolute Gasteiger partial charge is 0.203 e. The number of thioether (sulfide) groups is 2. The van der Waals surface area contributed by atoms with Gasteiger partial charge in [0, 0.05) is 16.7 Å². The van der Waals surface area contributed by atoms with Crippen LogP contribution >= 0.6 is 23.5 Å². The Morgan fingerprint density at radius 3 is 2.36 bits per heavy atom. The lowest BCUT2D eigenvalue weighted by molar-refractivity contribution is -0.0387. The highest BCUT2D eigenvalue weighted by atomic mass is 32.2. The summed E-state index contributed by atoms with van der Waals surface area (Å²) in [7, 11) is 0. The Bertz CT molecular complexity index is 937. The van der Waals surface area contributed by atoms with Gasteiger partial charge in [0.1, 0.15) is 0 Å². The molecule has 0 amide bonds. The average Bonchev–Trinajstić information content (AvgIpc) is 2.98. The van der Waals surface area contributed by atoms with Crippen LogP contribution in [0.1, 0.15) is 26.3 Å². The van der Waals surface area contributed by atoms with Crippen molar-refractivity contribution in [1.29, 1.82) is 0 Å². The molecule has 2 N–H and O–H groups in total. The van der Waals surface area contributed by atoms with Crippen molar-refractivity contribution in [2.24, 2.45) is 0 Å². The van der Waals surface area contributed by atoms with E-state index in [2.05, 4.69) is 0 Å². The van der Waals surface area contributed by atoms with Crippen LogP contribution in [0.15, 0.2) is 64.4 Å². The summed E-state index contributed by atoms with van der Waals surface area (Å²) in [5.74, 6) is -1.08. The Morgan fingerprint density at radius 2 is 1.68 bits per heavy atom. The molecule has 6 heteroatoms. The van der Waals surface area contributed by atoms with Crippen LogP contribution in [0.4, 0.5) is 0 Å². The fraction of sp³-hybridized carbons (Fsp3) is 0.158. The van der Waals surface area contributed by atoms with E-state index < -0.39 is 22.1 Å². The molecule has 4 nitrogen and oxygen atoms in total. The predicted octanol–water partition coefficient (Wildman–Crippen LogP) is 2.96. The second-order valence-corrected chi connectivity index (χ2v) is 8.17. The van der Waals surface area contributed by atoms with Crippen LogP contribution in [-0.2, 0) is 4.93 Å². The first-order valence-electron chi connectivity index (χ1n) is 7.61. The van der Waals surface area contributed by atoms with Gasteiger partial charge in [0.25, 0.3) is 0 Å². The average molecular weight is 370 g/mol. The van der Waals surface area contributed by atoms with E-state index in [0.717, 1.165) is 11.8 Å². The van der Waals surface area contributed by atoms with Gasteiger partial charge in [-0.1, -0.05) is 66.4 Å². The summed E-state index contributed by atoms with van der Waals surface area (Å²) < 4.78 is 0.460. The van der Waals surface area contributed by atoms with E-state index in [9.17, 15) is 19.8 Å². The van der Waals surface area contributed by atoms with Crippen molar-refractivity contribution < 1.29 is 19.8 Å². The lowest BCUT2D eigenvalue weighted by Gasteiger charge is -2.31. The maximum absolute atomic E-state index is 13.1. The fourth-order valence-electron chi connectivity index (χ4n) is 3.40. The van der Waals surface area contributed by atoms with Crippen LogP contribution < -0.4 is 0 Å². The third-order valence-corrected chi connectivity index (χ3v) is 7.14. The molecular weight excluding hydrogens is 356 g/mol. The van der Waals surface area contributed by atoms with E-state index in [4.69, 9.17) is 0 Å². The van der Waals surface area contributed by atoms with Gasteiger partial charge in [-0.25, -0.2) is 0 Å². The second kappa shape index (κ2) is 5.57. The lowest BCUT2D eigenvalue weighted by Crippen LogP contribution is -2.50. The number of rotatable bonds is 3. The maximum atomic E-state index is 13.1. The van der Waals surface area contributed by atoms with Gasteiger partial charge in [-0.15, -0.1) is 11.8 Å². The molecule has 2 aromatic carbocycles. The highest BCUT2D eigenvalue weighted by Gasteiger charge is 2.70. The molecule has 4 rings (SSSR count). The first-order valence-corrected chi connectivity index (χ1v) is 9.66. The number of benzene rings is 2. The zero-order valence-corrected chi connectivity index (χ0v) is 14.9. The van der Waals surface area contributed by atoms with Crippen molar-refractivity contribution in [3.8, 4) is 0 Å². The van der Waals surface area contributed by atoms with Gasteiger partial charge in [-0.2, -0.15) is 0 Å². The van der Waals surface area contributed by atoms with Crippen molar-refractivity contribution in [1.82, 2.24) is 0 Å². The molecule has 0 saturated carbocycles. The maximum Gasteiger partial charge on any atom is 0.203 e. The summed E-state index contributed by atoms with van der Waals surface area (Å²) in [6.07, 6.45) is 1.75. The Hall–Kier alpha value is -1.86. The molecule has 0 fully saturated rings. The van der Waals surface area contributed by atoms with Crippen LogP contribution in [-0.4, -0.2) is 33.6 Å². The Balaban J connectivity index is 1.94. The van der Waals surface area contributed by atoms with E-state index in [-0.39, 0.29) is 11.1 Å². The number of carbonyl (C=O) groups is 2. The molecule has 2 aromatic rings. The SMILES string of the molecule is CSC1=C(C(=O)c2ccccc2)[C@@]2(O)C(=O)c3ccccc3[C@@]2(O)S1. The van der Waals surface area contributed by atoms with E-state index in [1.165, 1.54) is 11.8 Å². The minimum atomic E-state index is -2.29. The minimum absolute atomic E-state index is 0.0418. The monoisotopic (exact) mass is 370 g/mol. The molecular formula is C19H14O4S2. The highest BCUT2D eigenvalue weighted by molar-refractivity contribution is 8.22. The summed E-state index contributed by atoms with van der Waals surface area (Å²) in [5.41, 5.74) is -1.37. The van der Waals surface area contributed by atoms with Crippen LogP contribution in [0.2, 0.25) is 0 Å². The Labute approximate surface area is 152 Å². The van der Waals surface area contributed by atoms with Gasteiger partial charge in [0.2, 0.25) is 11.4 Å². The first-order chi connectivity index (χ1) is 11.9. The molecule has 0 radical (unpaired) electrons. The van der Waals surface area contributed by atoms with Gasteiger partial charge in [-0.05, 0) is 6.26 Å². The number of Topliss-reactive ketones (excluding diaryl/α,β-unsaturated/α-hetero) is 2. The van der Waals surface area contributed by atoms with Crippen LogP contribution in [0, 0.1) is 0 Å². The van der Waals surface area contributed by atoms with Crippen LogP contribution in [0.25, 0.3) is 0 Å². The summed E-state index contributed by atoms with van der Waals surface area (Å²) in [5, 5.41) is 22.6.